The highest BCUT2D eigenvalue weighted by Crippen LogP contribution is 2.19. The van der Waals surface area contributed by atoms with Gasteiger partial charge in [0.1, 0.15) is 0 Å². The second kappa shape index (κ2) is 13.6. The first-order valence-electron chi connectivity index (χ1n) is 8.61. The average Bonchev–Trinajstić information content (AvgIpc) is 2.52. The number of halogens is 1. The third-order valence-electron chi connectivity index (χ3n) is 3.67. The van der Waals surface area contributed by atoms with E-state index in [0.717, 1.165) is 25.5 Å². The molecule has 1 rings (SSSR count). The summed E-state index contributed by atoms with van der Waals surface area (Å²) in [6.07, 6.45) is 8.55. The zero-order chi connectivity index (χ0) is 16.2. The molecule has 23 heavy (non-hydrogen) atoms. The number of amides is 1. The van der Waals surface area contributed by atoms with Crippen LogP contribution in [0, 0.1) is 5.92 Å². The second-order valence-electron chi connectivity index (χ2n) is 5.99. The summed E-state index contributed by atoms with van der Waals surface area (Å²) < 4.78 is 0. The van der Waals surface area contributed by atoms with E-state index in [9.17, 15) is 4.79 Å². The Balaban J connectivity index is 0.00000484. The zero-order valence-electron chi connectivity index (χ0n) is 14.8. The van der Waals surface area contributed by atoms with E-state index in [-0.39, 0.29) is 35.8 Å². The van der Waals surface area contributed by atoms with Crippen molar-refractivity contribution in [1.82, 2.24) is 16.0 Å². The molecule has 1 amide bonds. The molecule has 3 N–H and O–H groups in total. The molecule has 0 saturated heterocycles. The smallest absolute Gasteiger partial charge is 0.222 e. The van der Waals surface area contributed by atoms with Crippen molar-refractivity contribution >= 4 is 35.8 Å². The lowest BCUT2D eigenvalue weighted by atomic mass is 9.97. The molecule has 0 aliphatic heterocycles. The van der Waals surface area contributed by atoms with Crippen molar-refractivity contribution < 1.29 is 4.79 Å². The fourth-order valence-electron chi connectivity index (χ4n) is 2.36. The minimum Gasteiger partial charge on any atom is -0.357 e. The van der Waals surface area contributed by atoms with Gasteiger partial charge in [-0.3, -0.25) is 9.79 Å². The van der Waals surface area contributed by atoms with Crippen LogP contribution in [0.4, 0.5) is 0 Å². The predicted octanol–water partition coefficient (Wildman–Crippen LogP) is 2.82. The maximum Gasteiger partial charge on any atom is 0.222 e. The molecule has 134 valence electrons. The number of allylic oxidation sites excluding steroid dienone is 1. The lowest BCUT2D eigenvalue weighted by Gasteiger charge is -2.14. The minimum atomic E-state index is 0. The summed E-state index contributed by atoms with van der Waals surface area (Å²) in [5, 5.41) is 9.39. The number of carbonyl (C=O) groups excluding carboxylic acids is 1. The number of nitrogens with zero attached hydrogens (tertiary/aromatic N) is 1. The van der Waals surface area contributed by atoms with Crippen LogP contribution in [0.3, 0.4) is 0 Å². The van der Waals surface area contributed by atoms with E-state index in [0.29, 0.717) is 13.1 Å². The Morgan fingerprint density at radius 3 is 2.57 bits per heavy atom. The molecular weight excluding hydrogens is 403 g/mol. The summed E-state index contributed by atoms with van der Waals surface area (Å²) in [6, 6.07) is 0. The van der Waals surface area contributed by atoms with Gasteiger partial charge in [-0.2, -0.15) is 0 Å². The number of hydrogen-bond donors (Lipinski definition) is 3. The lowest BCUT2D eigenvalue weighted by molar-refractivity contribution is -0.123. The van der Waals surface area contributed by atoms with E-state index >= 15 is 0 Å². The maximum absolute atomic E-state index is 11.5. The molecule has 5 nitrogen and oxygen atoms in total. The van der Waals surface area contributed by atoms with Crippen LogP contribution in [0.1, 0.15) is 52.9 Å². The van der Waals surface area contributed by atoms with Crippen LogP contribution in [0.5, 0.6) is 0 Å². The topological polar surface area (TPSA) is 65.5 Å². The summed E-state index contributed by atoms with van der Waals surface area (Å²) >= 11 is 0. The highest BCUT2D eigenvalue weighted by molar-refractivity contribution is 14.0. The fourth-order valence-corrected chi connectivity index (χ4v) is 2.36. The normalized spacial score (nSPS) is 14.8. The number of guanidine groups is 1. The van der Waals surface area contributed by atoms with Crippen LogP contribution in [-0.2, 0) is 4.79 Å². The van der Waals surface area contributed by atoms with Crippen molar-refractivity contribution in [2.75, 3.05) is 26.2 Å². The van der Waals surface area contributed by atoms with E-state index < -0.39 is 0 Å². The summed E-state index contributed by atoms with van der Waals surface area (Å²) in [5.41, 5.74) is 1.55. The molecule has 0 heterocycles. The molecule has 0 spiro atoms. The Hall–Kier alpha value is -0.790. The van der Waals surface area contributed by atoms with Gasteiger partial charge in [0, 0.05) is 32.1 Å². The lowest BCUT2D eigenvalue weighted by Crippen LogP contribution is -2.42. The quantitative estimate of drug-likeness (QED) is 0.180. The molecular formula is C17H33IN4O. The molecule has 0 aromatic rings. The number of hydrogen-bond acceptors (Lipinski definition) is 2. The Kier molecular flexibility index (Phi) is 13.2. The second-order valence-corrected chi connectivity index (χ2v) is 5.99. The molecule has 0 unspecified atom stereocenters. The fraction of sp³-hybridized carbons (Fsp3) is 0.765. The Morgan fingerprint density at radius 2 is 1.96 bits per heavy atom. The molecule has 0 bridgehead atoms. The molecule has 1 aliphatic carbocycles. The van der Waals surface area contributed by atoms with Gasteiger partial charge in [0.25, 0.3) is 0 Å². The zero-order valence-corrected chi connectivity index (χ0v) is 17.1. The van der Waals surface area contributed by atoms with Gasteiger partial charge in [-0.1, -0.05) is 25.5 Å². The number of rotatable bonds is 8. The van der Waals surface area contributed by atoms with Gasteiger partial charge in [0.05, 0.1) is 0 Å². The maximum atomic E-state index is 11.5. The summed E-state index contributed by atoms with van der Waals surface area (Å²) in [4.78, 5) is 16.1. The van der Waals surface area contributed by atoms with Crippen molar-refractivity contribution in [3.8, 4) is 0 Å². The van der Waals surface area contributed by atoms with Gasteiger partial charge in [-0.25, -0.2) is 0 Å². The van der Waals surface area contributed by atoms with Gasteiger partial charge in [0.2, 0.25) is 5.91 Å². The third-order valence-corrected chi connectivity index (χ3v) is 3.67. The van der Waals surface area contributed by atoms with E-state index in [1.807, 2.05) is 13.8 Å². The van der Waals surface area contributed by atoms with Crippen molar-refractivity contribution in [2.24, 2.45) is 10.9 Å². The molecule has 0 atom stereocenters. The SMILES string of the molecule is CCNC(=NCCC1=CCCCC1)NCCNC(=O)C(C)C.I. The van der Waals surface area contributed by atoms with Crippen LogP contribution in [-0.4, -0.2) is 38.0 Å². The van der Waals surface area contributed by atoms with E-state index in [2.05, 4.69) is 33.9 Å². The monoisotopic (exact) mass is 436 g/mol. The Bertz CT molecular complexity index is 394. The Labute approximate surface area is 158 Å². The highest BCUT2D eigenvalue weighted by Gasteiger charge is 2.05. The van der Waals surface area contributed by atoms with Gasteiger partial charge < -0.3 is 16.0 Å². The Morgan fingerprint density at radius 1 is 1.22 bits per heavy atom. The third kappa shape index (κ3) is 10.6. The van der Waals surface area contributed by atoms with Gasteiger partial charge in [0.15, 0.2) is 5.96 Å². The number of aliphatic imine (C=N–C) groups is 1. The van der Waals surface area contributed by atoms with Crippen molar-refractivity contribution in [1.29, 1.82) is 0 Å². The molecule has 0 aromatic carbocycles. The van der Waals surface area contributed by atoms with Crippen LogP contribution in [0.15, 0.2) is 16.6 Å². The molecule has 0 fully saturated rings. The van der Waals surface area contributed by atoms with Gasteiger partial charge in [-0.15, -0.1) is 24.0 Å². The first-order chi connectivity index (χ1) is 10.6. The standard InChI is InChI=1S/C17H32N4O.HI/c1-4-18-17(21-13-12-19-16(22)14(2)3)20-11-10-15-8-6-5-7-9-15;/h8,14H,4-7,9-13H2,1-3H3,(H,19,22)(H2,18,20,21);1H. The summed E-state index contributed by atoms with van der Waals surface area (Å²) in [7, 11) is 0. The van der Waals surface area contributed by atoms with E-state index in [4.69, 9.17) is 0 Å². The van der Waals surface area contributed by atoms with Crippen LogP contribution in [0.2, 0.25) is 0 Å². The van der Waals surface area contributed by atoms with Gasteiger partial charge in [-0.05, 0) is 39.0 Å². The van der Waals surface area contributed by atoms with E-state index in [1.54, 1.807) is 5.57 Å². The van der Waals surface area contributed by atoms with Gasteiger partial charge >= 0.3 is 0 Å². The summed E-state index contributed by atoms with van der Waals surface area (Å²) in [6.45, 7) is 8.82. The van der Waals surface area contributed by atoms with Crippen LogP contribution >= 0.6 is 24.0 Å². The first-order valence-corrected chi connectivity index (χ1v) is 8.61. The van der Waals surface area contributed by atoms with Crippen LogP contribution < -0.4 is 16.0 Å². The number of carbonyl (C=O) groups is 1. The van der Waals surface area contributed by atoms with Crippen molar-refractivity contribution in [3.05, 3.63) is 11.6 Å². The molecule has 6 heteroatoms. The van der Waals surface area contributed by atoms with Crippen LogP contribution in [0.25, 0.3) is 0 Å². The predicted molar refractivity (Wildman–Crippen MR) is 108 cm³/mol. The molecule has 0 saturated carbocycles. The molecule has 0 aromatic heterocycles. The summed E-state index contributed by atoms with van der Waals surface area (Å²) in [5.74, 6) is 0.955. The number of nitrogens with one attached hydrogen (secondary N) is 3. The molecule has 0 radical (unpaired) electrons. The van der Waals surface area contributed by atoms with E-state index in [1.165, 1.54) is 25.7 Å². The molecule has 1 aliphatic rings. The first kappa shape index (κ1) is 22.2. The van der Waals surface area contributed by atoms with Crippen molar-refractivity contribution in [2.45, 2.75) is 52.9 Å². The minimum absolute atomic E-state index is 0. The highest BCUT2D eigenvalue weighted by atomic mass is 127. The van der Waals surface area contributed by atoms with Crippen molar-refractivity contribution in [3.63, 3.8) is 0 Å². The largest absolute Gasteiger partial charge is 0.357 e. The average molecular weight is 436 g/mol.